The summed E-state index contributed by atoms with van der Waals surface area (Å²) in [6, 6.07) is 10.9. The Morgan fingerprint density at radius 3 is 3.08 bits per heavy atom. The number of hydrogen-bond acceptors (Lipinski definition) is 4. The zero-order valence-electron chi connectivity index (χ0n) is 15.3. The molecule has 5 nitrogen and oxygen atoms in total. The van der Waals surface area contributed by atoms with Crippen LogP contribution in [0.1, 0.15) is 41.4 Å². The van der Waals surface area contributed by atoms with Gasteiger partial charge in [-0.1, -0.05) is 18.2 Å². The second kappa shape index (κ2) is 7.54. The number of furan rings is 1. The van der Waals surface area contributed by atoms with Gasteiger partial charge in [-0.25, -0.2) is 0 Å². The average molecular weight is 353 g/mol. The lowest BCUT2D eigenvalue weighted by Gasteiger charge is -2.24. The molecule has 0 saturated carbocycles. The molecule has 2 aromatic rings. The van der Waals surface area contributed by atoms with Crippen LogP contribution in [0.2, 0.25) is 0 Å². The molecule has 4 rings (SSSR count). The molecule has 1 saturated heterocycles. The zero-order valence-corrected chi connectivity index (χ0v) is 15.3. The topological polar surface area (TPSA) is 57.5 Å². The van der Waals surface area contributed by atoms with Gasteiger partial charge in [-0.15, -0.1) is 0 Å². The maximum absolute atomic E-state index is 12.6. The first-order valence-electron chi connectivity index (χ1n) is 9.62. The molecular weight excluding hydrogens is 326 g/mol. The molecule has 1 fully saturated rings. The monoisotopic (exact) mass is 353 g/mol. The van der Waals surface area contributed by atoms with Crippen LogP contribution < -0.4 is 15.5 Å². The van der Waals surface area contributed by atoms with Crippen molar-refractivity contribution in [2.24, 2.45) is 5.92 Å². The Morgan fingerprint density at radius 2 is 2.23 bits per heavy atom. The molecule has 0 aliphatic carbocycles. The van der Waals surface area contributed by atoms with Crippen molar-refractivity contribution < 1.29 is 9.21 Å². The number of benzene rings is 1. The second-order valence-electron chi connectivity index (χ2n) is 7.49. The summed E-state index contributed by atoms with van der Waals surface area (Å²) in [4.78, 5) is 14.9. The number of hydrogen-bond donors (Lipinski definition) is 2. The van der Waals surface area contributed by atoms with E-state index in [-0.39, 0.29) is 5.91 Å². The molecule has 3 heterocycles. The lowest BCUT2D eigenvalue weighted by molar-refractivity contribution is 0.0922. The van der Waals surface area contributed by atoms with E-state index in [1.807, 2.05) is 6.07 Å². The van der Waals surface area contributed by atoms with Crippen molar-refractivity contribution in [3.63, 3.8) is 0 Å². The largest absolute Gasteiger partial charge is 0.459 e. The average Bonchev–Trinajstić information content (AvgIpc) is 3.37. The summed E-state index contributed by atoms with van der Waals surface area (Å²) in [5.41, 5.74) is 3.59. The van der Waals surface area contributed by atoms with Crippen LogP contribution in [0.25, 0.3) is 0 Å². The van der Waals surface area contributed by atoms with E-state index < -0.39 is 0 Å². The standard InChI is InChI=1S/C21H27N3O2/c1-15-12-17-4-2-3-5-19(17)24(15)14-18-8-11-26-20(18)21(25)23-10-7-16-6-9-22-13-16/h2-5,8,11,15-16,22H,6-7,9-10,12-14H2,1H3,(H,23,25). The quantitative estimate of drug-likeness (QED) is 0.838. The highest BCUT2D eigenvalue weighted by molar-refractivity contribution is 5.93. The molecule has 2 atom stereocenters. The van der Waals surface area contributed by atoms with Gasteiger partial charge >= 0.3 is 0 Å². The van der Waals surface area contributed by atoms with E-state index in [9.17, 15) is 4.79 Å². The Morgan fingerprint density at radius 1 is 1.35 bits per heavy atom. The number of carbonyl (C=O) groups is 1. The molecule has 0 bridgehead atoms. The normalized spacial score (nSPS) is 21.8. The first kappa shape index (κ1) is 17.2. The lowest BCUT2D eigenvalue weighted by Crippen LogP contribution is -2.31. The van der Waals surface area contributed by atoms with Crippen molar-refractivity contribution in [1.29, 1.82) is 0 Å². The highest BCUT2D eigenvalue weighted by Gasteiger charge is 2.27. The SMILES string of the molecule is CC1Cc2ccccc2N1Cc1ccoc1C(=O)NCCC1CCNC1. The second-order valence-corrected chi connectivity index (χ2v) is 7.49. The molecule has 2 unspecified atom stereocenters. The summed E-state index contributed by atoms with van der Waals surface area (Å²) in [6.45, 7) is 5.79. The molecule has 1 aromatic carbocycles. The highest BCUT2D eigenvalue weighted by atomic mass is 16.3. The fourth-order valence-electron chi connectivity index (χ4n) is 4.14. The van der Waals surface area contributed by atoms with Gasteiger partial charge in [-0.05, 0) is 62.9 Å². The van der Waals surface area contributed by atoms with Gasteiger partial charge in [0.25, 0.3) is 5.91 Å². The zero-order chi connectivity index (χ0) is 17.9. The number of nitrogens with zero attached hydrogens (tertiary/aromatic N) is 1. The maximum atomic E-state index is 12.6. The molecule has 5 heteroatoms. The highest BCUT2D eigenvalue weighted by Crippen LogP contribution is 2.33. The van der Waals surface area contributed by atoms with Gasteiger partial charge in [0.05, 0.1) is 6.26 Å². The third-order valence-corrected chi connectivity index (χ3v) is 5.64. The Hall–Kier alpha value is -2.27. The van der Waals surface area contributed by atoms with E-state index in [1.165, 1.54) is 17.7 Å². The van der Waals surface area contributed by atoms with Gasteiger partial charge in [0.1, 0.15) is 0 Å². The summed E-state index contributed by atoms with van der Waals surface area (Å²) >= 11 is 0. The van der Waals surface area contributed by atoms with Crippen molar-refractivity contribution in [1.82, 2.24) is 10.6 Å². The fourth-order valence-corrected chi connectivity index (χ4v) is 4.14. The Labute approximate surface area is 154 Å². The molecule has 138 valence electrons. The minimum atomic E-state index is -0.101. The number of carbonyl (C=O) groups excluding carboxylic acids is 1. The van der Waals surface area contributed by atoms with Gasteiger partial charge in [0.15, 0.2) is 5.76 Å². The van der Waals surface area contributed by atoms with E-state index in [0.717, 1.165) is 31.5 Å². The van der Waals surface area contributed by atoms with E-state index in [1.54, 1.807) is 6.26 Å². The Balaban J connectivity index is 1.39. The van der Waals surface area contributed by atoms with Crippen LogP contribution in [0.3, 0.4) is 0 Å². The summed E-state index contributed by atoms with van der Waals surface area (Å²) in [6.07, 6.45) is 4.89. The van der Waals surface area contributed by atoms with E-state index in [0.29, 0.717) is 30.8 Å². The number of anilines is 1. The first-order chi connectivity index (χ1) is 12.7. The predicted molar refractivity (Wildman–Crippen MR) is 102 cm³/mol. The summed E-state index contributed by atoms with van der Waals surface area (Å²) < 4.78 is 5.53. The van der Waals surface area contributed by atoms with Gasteiger partial charge in [-0.2, -0.15) is 0 Å². The number of amides is 1. The smallest absolute Gasteiger partial charge is 0.287 e. The van der Waals surface area contributed by atoms with Crippen LogP contribution in [0.15, 0.2) is 41.0 Å². The van der Waals surface area contributed by atoms with Gasteiger partial charge in [0.2, 0.25) is 0 Å². The number of para-hydroxylation sites is 1. The van der Waals surface area contributed by atoms with Gasteiger partial charge in [0, 0.05) is 30.4 Å². The van der Waals surface area contributed by atoms with Crippen LogP contribution in [0.4, 0.5) is 5.69 Å². The molecule has 26 heavy (non-hydrogen) atoms. The maximum Gasteiger partial charge on any atom is 0.287 e. The molecule has 1 aromatic heterocycles. The number of fused-ring (bicyclic) bond motifs is 1. The lowest BCUT2D eigenvalue weighted by atomic mass is 10.1. The summed E-state index contributed by atoms with van der Waals surface area (Å²) in [7, 11) is 0. The minimum Gasteiger partial charge on any atom is -0.459 e. The molecule has 0 spiro atoms. The van der Waals surface area contributed by atoms with Crippen LogP contribution in [-0.2, 0) is 13.0 Å². The van der Waals surface area contributed by atoms with Crippen molar-refractivity contribution >= 4 is 11.6 Å². The Bertz CT molecular complexity index is 764. The van der Waals surface area contributed by atoms with Crippen molar-refractivity contribution in [2.75, 3.05) is 24.5 Å². The van der Waals surface area contributed by atoms with E-state index >= 15 is 0 Å². The van der Waals surface area contributed by atoms with Crippen LogP contribution >= 0.6 is 0 Å². The van der Waals surface area contributed by atoms with Crippen LogP contribution in [0, 0.1) is 5.92 Å². The van der Waals surface area contributed by atoms with E-state index in [2.05, 4.69) is 46.7 Å². The van der Waals surface area contributed by atoms with Crippen molar-refractivity contribution in [2.45, 2.75) is 38.8 Å². The van der Waals surface area contributed by atoms with E-state index in [4.69, 9.17) is 4.42 Å². The summed E-state index contributed by atoms with van der Waals surface area (Å²) in [5.74, 6) is 1.02. The molecule has 2 aliphatic rings. The molecule has 2 aliphatic heterocycles. The third-order valence-electron chi connectivity index (χ3n) is 5.64. The molecule has 1 amide bonds. The summed E-state index contributed by atoms with van der Waals surface area (Å²) in [5, 5.41) is 6.39. The first-order valence-corrected chi connectivity index (χ1v) is 9.62. The molecular formula is C21H27N3O2. The molecule has 0 radical (unpaired) electrons. The van der Waals surface area contributed by atoms with Crippen LogP contribution in [0.5, 0.6) is 0 Å². The minimum absolute atomic E-state index is 0.101. The Kier molecular flexibility index (Phi) is 4.98. The molecule has 2 N–H and O–H groups in total. The van der Waals surface area contributed by atoms with Crippen molar-refractivity contribution in [3.05, 3.63) is 53.5 Å². The number of nitrogens with one attached hydrogen (secondary N) is 2. The third kappa shape index (κ3) is 3.49. The van der Waals surface area contributed by atoms with Crippen LogP contribution in [-0.4, -0.2) is 31.6 Å². The van der Waals surface area contributed by atoms with Gasteiger partial charge < -0.3 is 20.0 Å². The van der Waals surface area contributed by atoms with Crippen molar-refractivity contribution in [3.8, 4) is 0 Å². The number of rotatable bonds is 6. The van der Waals surface area contributed by atoms with Gasteiger partial charge in [-0.3, -0.25) is 4.79 Å². The predicted octanol–water partition coefficient (Wildman–Crippen LogP) is 2.96. The fraction of sp³-hybridized carbons (Fsp3) is 0.476.